The van der Waals surface area contributed by atoms with Gasteiger partial charge < -0.3 is 9.64 Å². The normalized spacial score (nSPS) is 16.4. The van der Waals surface area contributed by atoms with Gasteiger partial charge in [0, 0.05) is 24.6 Å². The summed E-state index contributed by atoms with van der Waals surface area (Å²) in [6.45, 7) is 1.35. The number of para-hydroxylation sites is 1. The highest BCUT2D eigenvalue weighted by Gasteiger charge is 2.29. The first kappa shape index (κ1) is 18.5. The molecule has 0 aliphatic carbocycles. The molecule has 0 bridgehead atoms. The Morgan fingerprint density at radius 3 is 2.83 bits per heavy atom. The third-order valence-corrected chi connectivity index (χ3v) is 5.55. The molecule has 2 aromatic carbocycles. The molecule has 4 aromatic rings. The lowest BCUT2D eigenvalue weighted by atomic mass is 10.1. The van der Waals surface area contributed by atoms with Crippen LogP contribution in [-0.4, -0.2) is 61.9 Å². The highest BCUT2D eigenvalue weighted by atomic mass is 16.5. The van der Waals surface area contributed by atoms with E-state index in [-0.39, 0.29) is 11.9 Å². The van der Waals surface area contributed by atoms with Crippen molar-refractivity contribution in [2.24, 2.45) is 0 Å². The maximum Gasteiger partial charge on any atom is 0.254 e. The van der Waals surface area contributed by atoms with Crippen molar-refractivity contribution in [1.82, 2.24) is 29.7 Å². The van der Waals surface area contributed by atoms with Crippen LogP contribution >= 0.6 is 0 Å². The SMILES string of the molecule is COC[C@@H]1CCCN1C(=O)c1ccc(-n2cc(-n3ncc4ccccc43)nn2)cc1. The van der Waals surface area contributed by atoms with Crippen LogP contribution in [0.25, 0.3) is 22.4 Å². The number of fused-ring (bicyclic) bond motifs is 1. The van der Waals surface area contributed by atoms with Gasteiger partial charge in [0.2, 0.25) is 0 Å². The molecule has 0 radical (unpaired) electrons. The summed E-state index contributed by atoms with van der Waals surface area (Å²) in [5.74, 6) is 0.680. The molecule has 2 aromatic heterocycles. The lowest BCUT2D eigenvalue weighted by molar-refractivity contribution is 0.0630. The Labute approximate surface area is 173 Å². The van der Waals surface area contributed by atoms with Gasteiger partial charge in [-0.2, -0.15) is 5.10 Å². The summed E-state index contributed by atoms with van der Waals surface area (Å²) in [7, 11) is 1.67. The minimum Gasteiger partial charge on any atom is -0.383 e. The lowest BCUT2D eigenvalue weighted by Crippen LogP contribution is -2.38. The molecule has 0 N–H and O–H groups in total. The molecular weight excluding hydrogens is 380 g/mol. The lowest BCUT2D eigenvalue weighted by Gasteiger charge is -2.24. The third-order valence-electron chi connectivity index (χ3n) is 5.55. The zero-order valence-electron chi connectivity index (χ0n) is 16.7. The van der Waals surface area contributed by atoms with Crippen molar-refractivity contribution in [3.05, 3.63) is 66.5 Å². The van der Waals surface area contributed by atoms with E-state index >= 15 is 0 Å². The number of methoxy groups -OCH3 is 1. The molecule has 3 heterocycles. The van der Waals surface area contributed by atoms with Crippen LogP contribution < -0.4 is 0 Å². The number of carbonyl (C=O) groups excluding carboxylic acids is 1. The second-order valence-corrected chi connectivity index (χ2v) is 7.43. The Morgan fingerprint density at radius 1 is 1.17 bits per heavy atom. The number of likely N-dealkylation sites (tertiary alicyclic amines) is 1. The summed E-state index contributed by atoms with van der Waals surface area (Å²) in [5.41, 5.74) is 2.47. The van der Waals surface area contributed by atoms with Crippen LogP contribution in [0.3, 0.4) is 0 Å². The number of hydrogen-bond acceptors (Lipinski definition) is 5. The van der Waals surface area contributed by atoms with Gasteiger partial charge >= 0.3 is 0 Å². The van der Waals surface area contributed by atoms with Crippen molar-refractivity contribution in [3.63, 3.8) is 0 Å². The van der Waals surface area contributed by atoms with Crippen molar-refractivity contribution in [2.45, 2.75) is 18.9 Å². The summed E-state index contributed by atoms with van der Waals surface area (Å²) in [4.78, 5) is 14.8. The summed E-state index contributed by atoms with van der Waals surface area (Å²) in [6.07, 6.45) is 5.64. The Hall–Kier alpha value is -3.52. The van der Waals surface area contributed by atoms with E-state index in [0.29, 0.717) is 18.0 Å². The number of aromatic nitrogens is 5. The summed E-state index contributed by atoms with van der Waals surface area (Å²) < 4.78 is 8.71. The molecule has 0 unspecified atom stereocenters. The fourth-order valence-electron chi connectivity index (χ4n) is 4.02. The van der Waals surface area contributed by atoms with Gasteiger partial charge in [0.25, 0.3) is 5.91 Å². The van der Waals surface area contributed by atoms with Gasteiger partial charge in [-0.25, -0.2) is 9.36 Å². The van der Waals surface area contributed by atoms with Crippen molar-refractivity contribution in [1.29, 1.82) is 0 Å². The minimum absolute atomic E-state index is 0.0448. The second kappa shape index (κ2) is 7.72. The molecule has 1 amide bonds. The monoisotopic (exact) mass is 402 g/mol. The summed E-state index contributed by atoms with van der Waals surface area (Å²) >= 11 is 0. The molecule has 1 fully saturated rings. The zero-order chi connectivity index (χ0) is 20.5. The number of carbonyl (C=O) groups is 1. The standard InChI is InChI=1S/C22H22N6O2/c1-30-15-19-6-4-12-26(19)22(29)16-8-10-18(11-9-16)27-14-21(24-25-27)28-20-7-3-2-5-17(20)13-23-28/h2-3,5,7-11,13-14,19H,4,6,12,15H2,1H3/t19-/m0/s1. The molecule has 0 saturated carbocycles. The first-order valence-electron chi connectivity index (χ1n) is 10.0. The largest absolute Gasteiger partial charge is 0.383 e. The fourth-order valence-corrected chi connectivity index (χ4v) is 4.02. The van der Waals surface area contributed by atoms with Gasteiger partial charge in [0.15, 0.2) is 5.82 Å². The Kier molecular flexibility index (Phi) is 4.76. The van der Waals surface area contributed by atoms with Gasteiger partial charge in [-0.15, -0.1) is 5.10 Å². The average molecular weight is 402 g/mol. The number of ether oxygens (including phenoxy) is 1. The van der Waals surface area contributed by atoms with E-state index in [4.69, 9.17) is 4.74 Å². The topological polar surface area (TPSA) is 78.1 Å². The van der Waals surface area contributed by atoms with Crippen LogP contribution in [0.2, 0.25) is 0 Å². The van der Waals surface area contributed by atoms with E-state index in [1.807, 2.05) is 65.8 Å². The Bertz CT molecular complexity index is 1180. The van der Waals surface area contributed by atoms with Crippen molar-refractivity contribution >= 4 is 16.8 Å². The second-order valence-electron chi connectivity index (χ2n) is 7.43. The highest BCUT2D eigenvalue weighted by Crippen LogP contribution is 2.21. The van der Waals surface area contributed by atoms with Gasteiger partial charge in [-0.05, 0) is 43.2 Å². The molecule has 1 aliphatic heterocycles. The molecule has 8 heteroatoms. The number of nitrogens with zero attached hydrogens (tertiary/aromatic N) is 6. The van der Waals surface area contributed by atoms with E-state index in [0.717, 1.165) is 36.0 Å². The molecular formula is C22H22N6O2. The molecule has 152 valence electrons. The van der Waals surface area contributed by atoms with Gasteiger partial charge in [-0.3, -0.25) is 4.79 Å². The van der Waals surface area contributed by atoms with Crippen LogP contribution in [0.15, 0.2) is 60.9 Å². The van der Waals surface area contributed by atoms with Crippen molar-refractivity contribution in [3.8, 4) is 11.5 Å². The fraction of sp³-hybridized carbons (Fsp3) is 0.273. The molecule has 1 aliphatic rings. The van der Waals surface area contributed by atoms with Crippen molar-refractivity contribution in [2.75, 3.05) is 20.3 Å². The van der Waals surface area contributed by atoms with Crippen LogP contribution in [0.5, 0.6) is 0 Å². The Morgan fingerprint density at radius 2 is 2.00 bits per heavy atom. The van der Waals surface area contributed by atoms with E-state index in [1.165, 1.54) is 0 Å². The minimum atomic E-state index is 0.0448. The summed E-state index contributed by atoms with van der Waals surface area (Å²) in [6, 6.07) is 15.6. The van der Waals surface area contributed by atoms with Gasteiger partial charge in [0.1, 0.15) is 0 Å². The van der Waals surface area contributed by atoms with Crippen LogP contribution in [-0.2, 0) is 4.74 Å². The van der Waals surface area contributed by atoms with E-state index in [1.54, 1.807) is 16.5 Å². The maximum absolute atomic E-state index is 12.9. The first-order chi connectivity index (χ1) is 14.7. The van der Waals surface area contributed by atoms with E-state index in [2.05, 4.69) is 15.4 Å². The average Bonchev–Trinajstić information content (AvgIpc) is 3.53. The van der Waals surface area contributed by atoms with Crippen LogP contribution in [0.4, 0.5) is 0 Å². The number of rotatable bonds is 5. The zero-order valence-corrected chi connectivity index (χ0v) is 16.7. The molecule has 30 heavy (non-hydrogen) atoms. The van der Waals surface area contributed by atoms with E-state index < -0.39 is 0 Å². The van der Waals surface area contributed by atoms with Crippen LogP contribution in [0.1, 0.15) is 23.2 Å². The smallest absolute Gasteiger partial charge is 0.254 e. The number of amides is 1. The third kappa shape index (κ3) is 3.25. The molecule has 1 atom stereocenters. The summed E-state index contributed by atoms with van der Waals surface area (Å²) in [5, 5.41) is 14.0. The van der Waals surface area contributed by atoms with Crippen molar-refractivity contribution < 1.29 is 9.53 Å². The maximum atomic E-state index is 12.9. The number of benzene rings is 2. The van der Waals surface area contributed by atoms with Gasteiger partial charge in [-0.1, -0.05) is 23.4 Å². The van der Waals surface area contributed by atoms with E-state index in [9.17, 15) is 4.79 Å². The van der Waals surface area contributed by atoms with Gasteiger partial charge in [0.05, 0.1) is 36.2 Å². The quantitative estimate of drug-likeness (QED) is 0.513. The highest BCUT2D eigenvalue weighted by molar-refractivity contribution is 5.94. The first-order valence-corrected chi connectivity index (χ1v) is 10.0. The van der Waals surface area contributed by atoms with Crippen LogP contribution in [0, 0.1) is 0 Å². The molecule has 8 nitrogen and oxygen atoms in total. The number of hydrogen-bond donors (Lipinski definition) is 0. The predicted molar refractivity (Wildman–Crippen MR) is 112 cm³/mol. The predicted octanol–water partition coefficient (Wildman–Crippen LogP) is 2.86. The molecule has 0 spiro atoms. The molecule has 5 rings (SSSR count). The molecule has 1 saturated heterocycles. The Balaban J connectivity index is 1.37.